The molecule has 3 heterocycles. The van der Waals surface area contributed by atoms with Gasteiger partial charge in [-0.25, -0.2) is 4.39 Å². The predicted octanol–water partition coefficient (Wildman–Crippen LogP) is 2.14. The number of piperidine rings is 1. The summed E-state index contributed by atoms with van der Waals surface area (Å²) in [4.78, 5) is 26.8. The number of aromatic nitrogens is 2. The molecule has 1 spiro atoms. The molecular formula is C21H25FN4O3. The minimum absolute atomic E-state index is 0.0296. The van der Waals surface area contributed by atoms with Crippen molar-refractivity contribution >= 4 is 11.8 Å². The monoisotopic (exact) mass is 400 g/mol. The van der Waals surface area contributed by atoms with Crippen LogP contribution in [0, 0.1) is 5.82 Å². The lowest BCUT2D eigenvalue weighted by Gasteiger charge is -2.46. The highest BCUT2D eigenvalue weighted by Gasteiger charge is 2.41. The number of benzene rings is 1. The van der Waals surface area contributed by atoms with Gasteiger partial charge in [0.25, 0.3) is 11.8 Å². The molecule has 2 aromatic rings. The number of likely N-dealkylation sites (tertiary alicyclic amines) is 1. The number of carbonyl (C=O) groups excluding carboxylic acids is 2. The Morgan fingerprint density at radius 1 is 1.28 bits per heavy atom. The molecule has 2 aliphatic rings. The number of aryl methyl sites for hydroxylation is 1. The van der Waals surface area contributed by atoms with Crippen LogP contribution in [0.3, 0.4) is 0 Å². The van der Waals surface area contributed by atoms with Crippen molar-refractivity contribution in [2.24, 2.45) is 7.05 Å². The average Bonchev–Trinajstić information content (AvgIpc) is 3.15. The topological polar surface area (TPSA) is 76.5 Å². The van der Waals surface area contributed by atoms with E-state index in [1.54, 1.807) is 41.2 Å². The minimum Gasteiger partial charge on any atom is -0.375 e. The third kappa shape index (κ3) is 4.32. The van der Waals surface area contributed by atoms with Crippen LogP contribution in [0.1, 0.15) is 46.4 Å². The van der Waals surface area contributed by atoms with Crippen molar-refractivity contribution in [1.82, 2.24) is 20.0 Å². The zero-order valence-electron chi connectivity index (χ0n) is 16.4. The summed E-state index contributed by atoms with van der Waals surface area (Å²) in [6.45, 7) is 1.69. The molecule has 0 unspecified atom stereocenters. The van der Waals surface area contributed by atoms with E-state index < -0.39 is 5.82 Å². The maximum atomic E-state index is 13.4. The molecule has 0 saturated carbocycles. The molecule has 2 amide bonds. The van der Waals surface area contributed by atoms with Crippen molar-refractivity contribution in [1.29, 1.82) is 0 Å². The van der Waals surface area contributed by atoms with Gasteiger partial charge in [0.1, 0.15) is 5.82 Å². The number of rotatable bonds is 3. The Morgan fingerprint density at radius 2 is 2.07 bits per heavy atom. The molecule has 0 bridgehead atoms. The lowest BCUT2D eigenvalue weighted by molar-refractivity contribution is -0.114. The zero-order valence-corrected chi connectivity index (χ0v) is 16.4. The summed E-state index contributed by atoms with van der Waals surface area (Å²) in [5.41, 5.74) is 0.583. The molecule has 154 valence electrons. The van der Waals surface area contributed by atoms with Gasteiger partial charge in [-0.1, -0.05) is 6.07 Å². The van der Waals surface area contributed by atoms with Gasteiger partial charge in [-0.2, -0.15) is 5.10 Å². The summed E-state index contributed by atoms with van der Waals surface area (Å²) in [6.07, 6.45) is 6.14. The molecule has 0 radical (unpaired) electrons. The van der Waals surface area contributed by atoms with Crippen molar-refractivity contribution in [3.8, 4) is 0 Å². The van der Waals surface area contributed by atoms with Gasteiger partial charge >= 0.3 is 0 Å². The molecule has 0 aliphatic carbocycles. The van der Waals surface area contributed by atoms with E-state index in [2.05, 4.69) is 10.4 Å². The van der Waals surface area contributed by atoms with Gasteiger partial charge in [-0.15, -0.1) is 0 Å². The van der Waals surface area contributed by atoms with Crippen molar-refractivity contribution in [3.05, 3.63) is 53.6 Å². The Hall–Kier alpha value is -2.74. The van der Waals surface area contributed by atoms with Crippen LogP contribution in [0.5, 0.6) is 0 Å². The van der Waals surface area contributed by atoms with Crippen molar-refractivity contribution < 1.29 is 18.7 Å². The number of carbonyl (C=O) groups is 2. The van der Waals surface area contributed by atoms with Gasteiger partial charge in [-0.3, -0.25) is 14.3 Å². The molecule has 8 heteroatoms. The fourth-order valence-electron chi connectivity index (χ4n) is 4.23. The maximum absolute atomic E-state index is 13.4. The fourth-order valence-corrected chi connectivity index (χ4v) is 4.23. The molecular weight excluding hydrogens is 375 g/mol. The predicted molar refractivity (Wildman–Crippen MR) is 104 cm³/mol. The summed E-state index contributed by atoms with van der Waals surface area (Å²) < 4.78 is 21.1. The minimum atomic E-state index is -0.410. The highest BCUT2D eigenvalue weighted by Crippen LogP contribution is 2.35. The average molecular weight is 400 g/mol. The molecule has 7 nitrogen and oxygen atoms in total. The van der Waals surface area contributed by atoms with Crippen LogP contribution >= 0.6 is 0 Å². The number of hydrogen-bond acceptors (Lipinski definition) is 4. The van der Waals surface area contributed by atoms with E-state index in [1.807, 2.05) is 0 Å². The Bertz CT molecular complexity index is 905. The van der Waals surface area contributed by atoms with E-state index in [9.17, 15) is 14.0 Å². The molecule has 29 heavy (non-hydrogen) atoms. The largest absolute Gasteiger partial charge is 0.375 e. The van der Waals surface area contributed by atoms with E-state index in [0.29, 0.717) is 43.7 Å². The first kappa shape index (κ1) is 19.6. The van der Waals surface area contributed by atoms with Crippen molar-refractivity contribution in [2.45, 2.75) is 37.3 Å². The molecule has 4 rings (SSSR count). The van der Waals surface area contributed by atoms with Crippen LogP contribution in [0.25, 0.3) is 0 Å². The van der Waals surface area contributed by atoms with Crippen LogP contribution in [0.4, 0.5) is 4.39 Å². The Kier molecular flexibility index (Phi) is 5.36. The highest BCUT2D eigenvalue weighted by atomic mass is 19.1. The van der Waals surface area contributed by atoms with E-state index in [4.69, 9.17) is 4.74 Å². The third-order valence-corrected chi connectivity index (χ3v) is 5.83. The van der Waals surface area contributed by atoms with E-state index >= 15 is 0 Å². The SMILES string of the molecule is Cn1cc(C(=O)N[C@@H]2CCOC3(CCN(C(=O)c4cccc(F)c4)CC3)C2)cn1. The van der Waals surface area contributed by atoms with E-state index in [0.717, 1.165) is 12.8 Å². The summed E-state index contributed by atoms with van der Waals surface area (Å²) in [5, 5.41) is 7.13. The lowest BCUT2D eigenvalue weighted by Crippen LogP contribution is -2.54. The number of amides is 2. The Labute approximate surface area is 168 Å². The summed E-state index contributed by atoms with van der Waals surface area (Å²) in [6, 6.07) is 5.82. The van der Waals surface area contributed by atoms with E-state index in [1.165, 1.54) is 12.1 Å². The number of hydrogen-bond donors (Lipinski definition) is 1. The number of nitrogens with one attached hydrogen (secondary N) is 1. The fraction of sp³-hybridized carbons (Fsp3) is 0.476. The summed E-state index contributed by atoms with van der Waals surface area (Å²) >= 11 is 0. The smallest absolute Gasteiger partial charge is 0.254 e. The van der Waals surface area contributed by atoms with Gasteiger partial charge in [0.15, 0.2) is 0 Å². The normalized spacial score (nSPS) is 21.2. The molecule has 1 N–H and O–H groups in total. The first-order valence-electron chi connectivity index (χ1n) is 9.92. The van der Waals surface area contributed by atoms with Crippen molar-refractivity contribution in [3.63, 3.8) is 0 Å². The molecule has 1 aromatic carbocycles. The second kappa shape index (κ2) is 7.94. The van der Waals surface area contributed by atoms with Crippen LogP contribution in [0.2, 0.25) is 0 Å². The third-order valence-electron chi connectivity index (χ3n) is 5.83. The molecule has 2 fully saturated rings. The van der Waals surface area contributed by atoms with Crippen LogP contribution in [-0.4, -0.2) is 57.8 Å². The Balaban J connectivity index is 1.35. The zero-order chi connectivity index (χ0) is 20.4. The lowest BCUT2D eigenvalue weighted by atomic mass is 9.82. The number of halogens is 1. The quantitative estimate of drug-likeness (QED) is 0.857. The highest BCUT2D eigenvalue weighted by molar-refractivity contribution is 5.94. The second-order valence-electron chi connectivity index (χ2n) is 7.90. The standard InChI is InChI=1S/C21H25FN4O3/c1-25-14-16(13-23-25)19(27)24-18-5-10-29-21(12-18)6-8-26(9-7-21)20(28)15-3-2-4-17(22)11-15/h2-4,11,13-14,18H,5-10,12H2,1H3,(H,24,27)/t18-/m1/s1. The first-order chi connectivity index (χ1) is 13.9. The molecule has 2 aliphatic heterocycles. The van der Waals surface area contributed by atoms with Crippen molar-refractivity contribution in [2.75, 3.05) is 19.7 Å². The van der Waals surface area contributed by atoms with Gasteiger partial charge in [-0.05, 0) is 43.9 Å². The number of ether oxygens (including phenoxy) is 1. The van der Waals surface area contributed by atoms with E-state index in [-0.39, 0.29) is 23.5 Å². The van der Waals surface area contributed by atoms with Gasteiger partial charge < -0.3 is 15.0 Å². The van der Waals surface area contributed by atoms with Gasteiger partial charge in [0.2, 0.25) is 0 Å². The summed E-state index contributed by atoms with van der Waals surface area (Å²) in [7, 11) is 1.78. The summed E-state index contributed by atoms with van der Waals surface area (Å²) in [5.74, 6) is -0.692. The van der Waals surface area contributed by atoms with Crippen LogP contribution in [0.15, 0.2) is 36.7 Å². The van der Waals surface area contributed by atoms with Gasteiger partial charge in [0, 0.05) is 44.5 Å². The molecule has 1 atom stereocenters. The molecule has 1 aromatic heterocycles. The van der Waals surface area contributed by atoms with Crippen LogP contribution in [-0.2, 0) is 11.8 Å². The molecule has 2 saturated heterocycles. The first-order valence-corrected chi connectivity index (χ1v) is 9.92. The second-order valence-corrected chi connectivity index (χ2v) is 7.90. The maximum Gasteiger partial charge on any atom is 0.254 e. The Morgan fingerprint density at radius 3 is 2.76 bits per heavy atom. The van der Waals surface area contributed by atoms with Gasteiger partial charge in [0.05, 0.1) is 17.4 Å². The number of nitrogens with zero attached hydrogens (tertiary/aromatic N) is 3. The van der Waals surface area contributed by atoms with Crippen LogP contribution < -0.4 is 5.32 Å².